The molecule has 0 spiro atoms. The molecule has 0 aliphatic heterocycles. The van der Waals surface area contributed by atoms with E-state index < -0.39 is 0 Å². The zero-order valence-electron chi connectivity index (χ0n) is 11.0. The van der Waals surface area contributed by atoms with Crippen LogP contribution in [0.1, 0.15) is 16.1 Å². The van der Waals surface area contributed by atoms with Crippen LogP contribution in [0.25, 0.3) is 0 Å². The average Bonchev–Trinajstić information content (AvgIpc) is 2.89. The van der Waals surface area contributed by atoms with Gasteiger partial charge in [0.15, 0.2) is 0 Å². The molecule has 19 heavy (non-hydrogen) atoms. The number of aromatic amines is 1. The fourth-order valence-corrected chi connectivity index (χ4v) is 1.69. The molecular weight excluding hydrogens is 242 g/mol. The van der Waals surface area contributed by atoms with E-state index in [1.54, 1.807) is 32.4 Å². The zero-order valence-corrected chi connectivity index (χ0v) is 11.0. The summed E-state index contributed by atoms with van der Waals surface area (Å²) in [5.74, 6) is -0.0631. The Balaban J connectivity index is 2.09. The van der Waals surface area contributed by atoms with E-state index in [4.69, 9.17) is 5.73 Å². The van der Waals surface area contributed by atoms with E-state index in [1.165, 1.54) is 4.90 Å². The second kappa shape index (κ2) is 5.43. The molecule has 0 bridgehead atoms. The summed E-state index contributed by atoms with van der Waals surface area (Å²) < 4.78 is 0. The number of nitrogens with two attached hydrogens (primary N) is 1. The maximum Gasteiger partial charge on any atom is 0.253 e. The Morgan fingerprint density at radius 1 is 1.42 bits per heavy atom. The first-order valence-corrected chi connectivity index (χ1v) is 5.91. The van der Waals surface area contributed by atoms with Gasteiger partial charge in [-0.2, -0.15) is 5.10 Å². The Morgan fingerprint density at radius 3 is 2.79 bits per heavy atom. The molecule has 100 valence electrons. The van der Waals surface area contributed by atoms with Crippen molar-refractivity contribution in [3.05, 3.63) is 41.7 Å². The van der Waals surface area contributed by atoms with Crippen LogP contribution in [0.2, 0.25) is 0 Å². The van der Waals surface area contributed by atoms with Crippen molar-refractivity contribution in [1.29, 1.82) is 0 Å². The fraction of sp³-hybridized carbons (Fsp3) is 0.231. The molecule has 0 fully saturated rings. The molecule has 0 aliphatic rings. The molecule has 4 N–H and O–H groups in total. The van der Waals surface area contributed by atoms with Crippen molar-refractivity contribution in [2.75, 3.05) is 25.1 Å². The monoisotopic (exact) mass is 259 g/mol. The van der Waals surface area contributed by atoms with Crippen molar-refractivity contribution in [3.8, 4) is 0 Å². The third kappa shape index (κ3) is 3.04. The highest BCUT2D eigenvalue weighted by atomic mass is 16.2. The van der Waals surface area contributed by atoms with Crippen molar-refractivity contribution in [2.45, 2.75) is 6.54 Å². The molecule has 1 heterocycles. The molecule has 1 amide bonds. The van der Waals surface area contributed by atoms with Crippen LogP contribution in [0.4, 0.5) is 11.4 Å². The normalized spacial score (nSPS) is 10.2. The zero-order chi connectivity index (χ0) is 13.8. The summed E-state index contributed by atoms with van der Waals surface area (Å²) in [5.41, 5.74) is 8.83. The number of benzene rings is 1. The number of hydrogen-bond acceptors (Lipinski definition) is 4. The van der Waals surface area contributed by atoms with E-state index >= 15 is 0 Å². The van der Waals surface area contributed by atoms with Gasteiger partial charge in [-0.15, -0.1) is 0 Å². The van der Waals surface area contributed by atoms with Gasteiger partial charge in [-0.25, -0.2) is 0 Å². The molecule has 6 nitrogen and oxygen atoms in total. The van der Waals surface area contributed by atoms with Gasteiger partial charge in [0, 0.05) is 25.9 Å². The lowest BCUT2D eigenvalue weighted by Crippen LogP contribution is -2.21. The van der Waals surface area contributed by atoms with Crippen LogP contribution in [-0.4, -0.2) is 35.1 Å². The van der Waals surface area contributed by atoms with Crippen LogP contribution in [0.15, 0.2) is 30.5 Å². The van der Waals surface area contributed by atoms with E-state index in [9.17, 15) is 4.79 Å². The molecular formula is C13H17N5O. The van der Waals surface area contributed by atoms with Crippen LogP contribution >= 0.6 is 0 Å². The lowest BCUT2D eigenvalue weighted by Gasteiger charge is -2.13. The number of amides is 1. The minimum Gasteiger partial charge on any atom is -0.397 e. The SMILES string of the molecule is CN(C)C(=O)c1ccc(NCc2ccn[nH]2)c(N)c1. The molecule has 6 heteroatoms. The van der Waals surface area contributed by atoms with Crippen molar-refractivity contribution in [2.24, 2.45) is 0 Å². The van der Waals surface area contributed by atoms with Crippen LogP contribution in [0.5, 0.6) is 0 Å². The maximum absolute atomic E-state index is 11.8. The van der Waals surface area contributed by atoms with Crippen molar-refractivity contribution in [1.82, 2.24) is 15.1 Å². The van der Waals surface area contributed by atoms with Gasteiger partial charge in [0.1, 0.15) is 0 Å². The number of carbonyl (C=O) groups is 1. The third-order valence-electron chi connectivity index (χ3n) is 2.73. The highest BCUT2D eigenvalue weighted by Gasteiger charge is 2.09. The quantitative estimate of drug-likeness (QED) is 0.722. The smallest absolute Gasteiger partial charge is 0.253 e. The summed E-state index contributed by atoms with van der Waals surface area (Å²) in [6.07, 6.45) is 1.69. The Hall–Kier alpha value is -2.50. The second-order valence-electron chi connectivity index (χ2n) is 4.44. The summed E-state index contributed by atoms with van der Waals surface area (Å²) in [6, 6.07) is 7.13. The fourth-order valence-electron chi connectivity index (χ4n) is 1.69. The van der Waals surface area contributed by atoms with Gasteiger partial charge in [0.05, 0.1) is 23.6 Å². The highest BCUT2D eigenvalue weighted by molar-refractivity contribution is 5.95. The number of nitrogens with one attached hydrogen (secondary N) is 2. The van der Waals surface area contributed by atoms with Gasteiger partial charge in [-0.3, -0.25) is 9.89 Å². The summed E-state index contributed by atoms with van der Waals surface area (Å²) in [6.45, 7) is 0.602. The van der Waals surface area contributed by atoms with E-state index in [0.717, 1.165) is 11.4 Å². The first-order valence-electron chi connectivity index (χ1n) is 5.91. The summed E-state index contributed by atoms with van der Waals surface area (Å²) in [4.78, 5) is 13.3. The van der Waals surface area contributed by atoms with Gasteiger partial charge in [0.25, 0.3) is 5.91 Å². The first kappa shape index (κ1) is 12.9. The number of nitrogens with zero attached hydrogens (tertiary/aromatic N) is 2. The van der Waals surface area contributed by atoms with Gasteiger partial charge in [-0.1, -0.05) is 0 Å². The molecule has 0 unspecified atom stereocenters. The Kier molecular flexibility index (Phi) is 3.70. The number of hydrogen-bond donors (Lipinski definition) is 3. The number of nitrogen functional groups attached to an aromatic ring is 1. The largest absolute Gasteiger partial charge is 0.397 e. The average molecular weight is 259 g/mol. The number of carbonyl (C=O) groups excluding carboxylic acids is 1. The molecule has 0 aliphatic carbocycles. The topological polar surface area (TPSA) is 87.0 Å². The van der Waals surface area contributed by atoms with Gasteiger partial charge >= 0.3 is 0 Å². The minimum absolute atomic E-state index is 0.0631. The number of anilines is 2. The Bertz CT molecular complexity index is 562. The molecule has 2 aromatic rings. The Morgan fingerprint density at radius 2 is 2.21 bits per heavy atom. The van der Waals surface area contributed by atoms with Gasteiger partial charge in [-0.05, 0) is 24.3 Å². The number of H-pyrrole nitrogens is 1. The van der Waals surface area contributed by atoms with Gasteiger partial charge in [0.2, 0.25) is 0 Å². The molecule has 1 aromatic heterocycles. The summed E-state index contributed by atoms with van der Waals surface area (Å²) >= 11 is 0. The van der Waals surface area contributed by atoms with E-state index in [-0.39, 0.29) is 5.91 Å². The molecule has 0 radical (unpaired) electrons. The van der Waals surface area contributed by atoms with Gasteiger partial charge < -0.3 is 16.0 Å². The predicted octanol–water partition coefficient (Wildman–Crippen LogP) is 1.31. The van der Waals surface area contributed by atoms with Crippen LogP contribution in [0.3, 0.4) is 0 Å². The van der Waals surface area contributed by atoms with Crippen LogP contribution in [0, 0.1) is 0 Å². The molecule has 0 atom stereocenters. The van der Waals surface area contributed by atoms with Crippen molar-refractivity contribution in [3.63, 3.8) is 0 Å². The highest BCUT2D eigenvalue weighted by Crippen LogP contribution is 2.21. The predicted molar refractivity (Wildman–Crippen MR) is 74.8 cm³/mol. The first-order chi connectivity index (χ1) is 9.08. The summed E-state index contributed by atoms with van der Waals surface area (Å²) in [5, 5.41) is 9.91. The van der Waals surface area contributed by atoms with E-state index in [2.05, 4.69) is 15.5 Å². The molecule has 1 aromatic carbocycles. The number of aromatic nitrogens is 2. The van der Waals surface area contributed by atoms with Crippen molar-refractivity contribution < 1.29 is 4.79 Å². The standard InChI is InChI=1S/C13H17N5O/c1-18(2)13(19)9-3-4-12(11(14)7-9)15-8-10-5-6-16-17-10/h3-7,15H,8,14H2,1-2H3,(H,16,17). The Labute approximate surface area is 111 Å². The van der Waals surface area contributed by atoms with E-state index in [1.807, 2.05) is 12.1 Å². The molecule has 0 saturated carbocycles. The van der Waals surface area contributed by atoms with E-state index in [0.29, 0.717) is 17.8 Å². The lowest BCUT2D eigenvalue weighted by atomic mass is 10.1. The minimum atomic E-state index is -0.0631. The molecule has 0 saturated heterocycles. The van der Waals surface area contributed by atoms with Crippen LogP contribution in [-0.2, 0) is 6.54 Å². The maximum atomic E-state index is 11.8. The molecule has 2 rings (SSSR count). The lowest BCUT2D eigenvalue weighted by molar-refractivity contribution is 0.0827. The van der Waals surface area contributed by atoms with Crippen molar-refractivity contribution >= 4 is 17.3 Å². The summed E-state index contributed by atoms with van der Waals surface area (Å²) in [7, 11) is 3.42. The number of rotatable bonds is 4. The second-order valence-corrected chi connectivity index (χ2v) is 4.44. The third-order valence-corrected chi connectivity index (χ3v) is 2.73. The van der Waals surface area contributed by atoms with Crippen LogP contribution < -0.4 is 11.1 Å².